The summed E-state index contributed by atoms with van der Waals surface area (Å²) in [6, 6.07) is 4.90. The van der Waals surface area contributed by atoms with Crippen LogP contribution in [0.5, 0.6) is 5.75 Å². The van der Waals surface area contributed by atoms with Crippen LogP contribution in [0.2, 0.25) is 5.02 Å². The van der Waals surface area contributed by atoms with E-state index in [1.54, 1.807) is 0 Å². The highest BCUT2D eigenvalue weighted by molar-refractivity contribution is 6.30. The van der Waals surface area contributed by atoms with Gasteiger partial charge in [-0.1, -0.05) is 11.6 Å². The Bertz CT molecular complexity index is 683. The lowest BCUT2D eigenvalue weighted by Crippen LogP contribution is -2.15. The molecule has 0 amide bonds. The molecule has 0 saturated heterocycles. The Balaban J connectivity index is 2.05. The number of hydrogen-bond donors (Lipinski definition) is 1. The Morgan fingerprint density at radius 1 is 1.33 bits per heavy atom. The van der Waals surface area contributed by atoms with Crippen molar-refractivity contribution in [3.63, 3.8) is 0 Å². The van der Waals surface area contributed by atoms with Crippen molar-refractivity contribution >= 4 is 23.4 Å². The van der Waals surface area contributed by atoms with Crippen molar-refractivity contribution in [3.8, 4) is 5.75 Å². The molecule has 0 unspecified atom stereocenters. The van der Waals surface area contributed by atoms with Crippen molar-refractivity contribution in [1.29, 1.82) is 0 Å². The molecule has 1 heterocycles. The molecule has 0 aliphatic carbocycles. The number of aromatic amines is 1. The molecule has 0 atom stereocenters. The second kappa shape index (κ2) is 6.41. The lowest BCUT2D eigenvalue weighted by atomic mass is 10.1. The standard InChI is InChI=1S/C14H11ClFNO4/c1-20-13-3-2-9(16)5-10(13)12(18)7-21-14(19)11-4-8(15)6-17-11/h2-6,17H,7H2,1H3. The van der Waals surface area contributed by atoms with E-state index in [1.165, 1.54) is 31.5 Å². The molecular formula is C14H11ClFNO4. The predicted molar refractivity (Wildman–Crippen MR) is 73.4 cm³/mol. The first-order valence-corrected chi connectivity index (χ1v) is 6.27. The van der Waals surface area contributed by atoms with Crippen molar-refractivity contribution in [3.05, 3.63) is 52.6 Å². The Labute approximate surface area is 124 Å². The van der Waals surface area contributed by atoms with E-state index in [2.05, 4.69) is 4.98 Å². The summed E-state index contributed by atoms with van der Waals surface area (Å²) in [6.45, 7) is -0.532. The Kier molecular flexibility index (Phi) is 4.59. The molecule has 0 aliphatic rings. The Morgan fingerprint density at radius 3 is 2.71 bits per heavy atom. The number of esters is 1. The number of benzene rings is 1. The van der Waals surface area contributed by atoms with Gasteiger partial charge in [0.15, 0.2) is 6.61 Å². The van der Waals surface area contributed by atoms with Crippen LogP contribution in [0.1, 0.15) is 20.8 Å². The van der Waals surface area contributed by atoms with E-state index in [9.17, 15) is 14.0 Å². The summed E-state index contributed by atoms with van der Waals surface area (Å²) in [5.41, 5.74) is 0.133. The minimum Gasteiger partial charge on any atom is -0.496 e. The van der Waals surface area contributed by atoms with Crippen LogP contribution in [0.25, 0.3) is 0 Å². The molecule has 0 radical (unpaired) electrons. The van der Waals surface area contributed by atoms with Gasteiger partial charge in [0.2, 0.25) is 5.78 Å². The minimum atomic E-state index is -0.731. The smallest absolute Gasteiger partial charge is 0.355 e. The van der Waals surface area contributed by atoms with Crippen molar-refractivity contribution in [2.24, 2.45) is 0 Å². The SMILES string of the molecule is COc1ccc(F)cc1C(=O)COC(=O)c1cc(Cl)c[nH]1. The molecule has 2 rings (SSSR count). The molecule has 0 bridgehead atoms. The highest BCUT2D eigenvalue weighted by Crippen LogP contribution is 2.20. The van der Waals surface area contributed by atoms with Gasteiger partial charge in [0.05, 0.1) is 17.7 Å². The molecule has 2 aromatic rings. The second-order valence-electron chi connectivity index (χ2n) is 4.08. The minimum absolute atomic E-state index is 0.00909. The van der Waals surface area contributed by atoms with E-state index in [0.29, 0.717) is 5.02 Å². The van der Waals surface area contributed by atoms with E-state index >= 15 is 0 Å². The quantitative estimate of drug-likeness (QED) is 0.681. The predicted octanol–water partition coefficient (Wildman–Crippen LogP) is 2.86. The molecule has 0 saturated carbocycles. The van der Waals surface area contributed by atoms with Crippen LogP contribution in [-0.4, -0.2) is 30.5 Å². The zero-order valence-corrected chi connectivity index (χ0v) is 11.7. The average Bonchev–Trinajstić information content (AvgIpc) is 2.91. The summed E-state index contributed by atoms with van der Waals surface area (Å²) in [7, 11) is 1.36. The van der Waals surface area contributed by atoms with Crippen LogP contribution in [0, 0.1) is 5.82 Å². The molecule has 110 valence electrons. The van der Waals surface area contributed by atoms with Gasteiger partial charge in [0, 0.05) is 6.20 Å². The lowest BCUT2D eigenvalue weighted by molar-refractivity contribution is 0.0468. The largest absolute Gasteiger partial charge is 0.496 e. The number of nitrogens with one attached hydrogen (secondary N) is 1. The van der Waals surface area contributed by atoms with Gasteiger partial charge in [-0.3, -0.25) is 4.79 Å². The summed E-state index contributed by atoms with van der Waals surface area (Å²) >= 11 is 5.66. The monoisotopic (exact) mass is 311 g/mol. The van der Waals surface area contributed by atoms with Gasteiger partial charge in [0.1, 0.15) is 17.3 Å². The fourth-order valence-electron chi connectivity index (χ4n) is 1.67. The molecule has 5 nitrogen and oxygen atoms in total. The molecule has 21 heavy (non-hydrogen) atoms. The van der Waals surface area contributed by atoms with Crippen molar-refractivity contribution in [1.82, 2.24) is 4.98 Å². The molecule has 0 fully saturated rings. The number of halogens is 2. The Hall–Kier alpha value is -2.34. The first kappa shape index (κ1) is 15.1. The number of carbonyl (C=O) groups is 2. The normalized spacial score (nSPS) is 10.2. The summed E-state index contributed by atoms with van der Waals surface area (Å²) in [5.74, 6) is -1.68. The fourth-order valence-corrected chi connectivity index (χ4v) is 1.83. The highest BCUT2D eigenvalue weighted by atomic mass is 35.5. The zero-order valence-electron chi connectivity index (χ0n) is 11.0. The van der Waals surface area contributed by atoms with E-state index in [1.807, 2.05) is 0 Å². The van der Waals surface area contributed by atoms with Gasteiger partial charge in [-0.05, 0) is 24.3 Å². The number of Topliss-reactive ketones (excluding diaryl/α,β-unsaturated/α-hetero) is 1. The van der Waals surface area contributed by atoms with E-state index in [0.717, 1.165) is 6.07 Å². The van der Waals surface area contributed by atoms with Crippen molar-refractivity contribution in [2.45, 2.75) is 0 Å². The van der Waals surface area contributed by atoms with Gasteiger partial charge < -0.3 is 14.5 Å². The number of carbonyl (C=O) groups excluding carboxylic acids is 2. The molecule has 1 aromatic carbocycles. The highest BCUT2D eigenvalue weighted by Gasteiger charge is 2.17. The van der Waals surface area contributed by atoms with Crippen LogP contribution in [0.3, 0.4) is 0 Å². The lowest BCUT2D eigenvalue weighted by Gasteiger charge is -2.08. The van der Waals surface area contributed by atoms with Crippen LogP contribution in [0.15, 0.2) is 30.5 Å². The summed E-state index contributed by atoms with van der Waals surface area (Å²) in [6.07, 6.45) is 1.41. The number of rotatable bonds is 5. The zero-order chi connectivity index (χ0) is 15.4. The molecule has 1 aromatic heterocycles. The topological polar surface area (TPSA) is 68.4 Å². The summed E-state index contributed by atoms with van der Waals surface area (Å²) in [4.78, 5) is 26.2. The second-order valence-corrected chi connectivity index (χ2v) is 4.51. The molecular weight excluding hydrogens is 301 g/mol. The maximum absolute atomic E-state index is 13.2. The summed E-state index contributed by atoms with van der Waals surface area (Å²) in [5, 5.41) is 0.347. The first-order chi connectivity index (χ1) is 10.0. The van der Waals surface area contributed by atoms with Gasteiger partial charge >= 0.3 is 5.97 Å². The van der Waals surface area contributed by atoms with Crippen LogP contribution < -0.4 is 4.74 Å². The first-order valence-electron chi connectivity index (χ1n) is 5.89. The number of aromatic nitrogens is 1. The van der Waals surface area contributed by atoms with Crippen molar-refractivity contribution in [2.75, 3.05) is 13.7 Å². The molecule has 1 N–H and O–H groups in total. The van der Waals surface area contributed by atoms with Crippen molar-refractivity contribution < 1.29 is 23.5 Å². The summed E-state index contributed by atoms with van der Waals surface area (Å²) < 4.78 is 23.0. The maximum Gasteiger partial charge on any atom is 0.355 e. The van der Waals surface area contributed by atoms with Gasteiger partial charge in [0.25, 0.3) is 0 Å². The average molecular weight is 312 g/mol. The van der Waals surface area contributed by atoms with Crippen LogP contribution in [-0.2, 0) is 4.74 Å². The van der Waals surface area contributed by atoms with E-state index in [-0.39, 0.29) is 17.0 Å². The van der Waals surface area contributed by atoms with Crippen LogP contribution >= 0.6 is 11.6 Å². The van der Waals surface area contributed by atoms with E-state index in [4.69, 9.17) is 21.1 Å². The van der Waals surface area contributed by atoms with Gasteiger partial charge in [-0.25, -0.2) is 9.18 Å². The third-order valence-electron chi connectivity index (χ3n) is 2.66. The number of methoxy groups -OCH3 is 1. The molecule has 0 aliphatic heterocycles. The Morgan fingerprint density at radius 2 is 2.10 bits per heavy atom. The number of hydrogen-bond acceptors (Lipinski definition) is 4. The van der Waals surface area contributed by atoms with Gasteiger partial charge in [-0.2, -0.15) is 0 Å². The molecule has 0 spiro atoms. The van der Waals surface area contributed by atoms with Gasteiger partial charge in [-0.15, -0.1) is 0 Å². The third-order valence-corrected chi connectivity index (χ3v) is 2.88. The number of H-pyrrole nitrogens is 1. The third kappa shape index (κ3) is 3.61. The maximum atomic E-state index is 13.2. The molecule has 7 heteroatoms. The number of ether oxygens (including phenoxy) is 2. The fraction of sp³-hybridized carbons (Fsp3) is 0.143. The van der Waals surface area contributed by atoms with E-state index < -0.39 is 24.2 Å². The number of ketones is 1. The van der Waals surface area contributed by atoms with Crippen LogP contribution in [0.4, 0.5) is 4.39 Å².